The fraction of sp³-hybridized carbons (Fsp3) is 0. The van der Waals surface area contributed by atoms with Crippen LogP contribution >= 0.6 is 50.8 Å². The highest BCUT2D eigenvalue weighted by molar-refractivity contribution is 9.10. The number of carbonyl (C=O) groups excluding carboxylic acids is 1. The molecule has 2 radical (unpaired) electrons. The van der Waals surface area contributed by atoms with E-state index in [2.05, 4.69) is 15.9 Å². The number of thiophene rings is 1. The highest BCUT2D eigenvalue weighted by atomic mass is 79.9. The normalized spacial score (nSPS) is 15.7. The van der Waals surface area contributed by atoms with E-state index >= 15 is 0 Å². The highest BCUT2D eigenvalue weighted by Crippen LogP contribution is 2.51. The molecule has 1 aliphatic heterocycles. The van der Waals surface area contributed by atoms with Crippen molar-refractivity contribution in [2.24, 2.45) is 0 Å². The molecule has 3 rings (SSSR count). The number of thioether (sulfide) groups is 2. The van der Waals surface area contributed by atoms with E-state index in [4.69, 9.17) is 7.85 Å². The average Bonchev–Trinajstić information content (AvgIpc) is 2.98. The van der Waals surface area contributed by atoms with Gasteiger partial charge < -0.3 is 0 Å². The third-order valence-corrected chi connectivity index (χ3v) is 6.45. The Bertz CT molecular complexity index is 646. The Kier molecular flexibility index (Phi) is 3.94. The lowest BCUT2D eigenvalue weighted by Crippen LogP contribution is -2.03. The van der Waals surface area contributed by atoms with Crippen molar-refractivity contribution in [3.05, 3.63) is 49.3 Å². The summed E-state index contributed by atoms with van der Waals surface area (Å²) < 4.78 is 1.89. The first-order chi connectivity index (χ1) is 9.13. The minimum absolute atomic E-state index is 0.0600. The zero-order valence-electron chi connectivity index (χ0n) is 9.55. The van der Waals surface area contributed by atoms with Crippen molar-refractivity contribution in [2.45, 2.75) is 9.79 Å². The summed E-state index contributed by atoms with van der Waals surface area (Å²) in [7, 11) is 5.86. The van der Waals surface area contributed by atoms with E-state index in [1.54, 1.807) is 29.6 Å². The van der Waals surface area contributed by atoms with Gasteiger partial charge in [0.05, 0.1) is 9.11 Å². The topological polar surface area (TPSA) is 17.1 Å². The lowest BCUT2D eigenvalue weighted by molar-refractivity contribution is 0.105. The van der Waals surface area contributed by atoms with Crippen LogP contribution in [-0.2, 0) is 0 Å². The third-order valence-electron chi connectivity index (χ3n) is 2.50. The maximum absolute atomic E-state index is 12.0. The second-order valence-corrected chi connectivity index (χ2v) is 8.06. The molecule has 6 heteroatoms. The fourth-order valence-corrected chi connectivity index (χ4v) is 5.14. The largest absolute Gasteiger partial charge is 0.288 e. The maximum Gasteiger partial charge on any atom is 0.197 e. The Labute approximate surface area is 133 Å². The lowest BCUT2D eigenvalue weighted by Gasteiger charge is -2.00. The SMILES string of the molecule is [B]c1cc2c(cc1Br)S/C(=C/C(=O)c1cccs1)S2. The van der Waals surface area contributed by atoms with Gasteiger partial charge in [0.1, 0.15) is 7.85 Å². The molecule has 0 saturated heterocycles. The van der Waals surface area contributed by atoms with Gasteiger partial charge in [0, 0.05) is 20.3 Å². The Balaban J connectivity index is 1.86. The van der Waals surface area contributed by atoms with Crippen molar-refractivity contribution >= 4 is 69.9 Å². The van der Waals surface area contributed by atoms with E-state index < -0.39 is 0 Å². The van der Waals surface area contributed by atoms with Gasteiger partial charge in [-0.25, -0.2) is 0 Å². The van der Waals surface area contributed by atoms with Crippen LogP contribution in [0.3, 0.4) is 0 Å². The Morgan fingerprint density at radius 1 is 1.26 bits per heavy atom. The smallest absolute Gasteiger partial charge is 0.197 e. The predicted molar refractivity (Wildman–Crippen MR) is 88.0 cm³/mol. The molecule has 0 fully saturated rings. The molecular formula is C13H6BBrOS3. The Morgan fingerprint density at radius 2 is 2.00 bits per heavy atom. The number of hydrogen-bond donors (Lipinski definition) is 0. The molecular weight excluding hydrogens is 359 g/mol. The van der Waals surface area contributed by atoms with Crippen molar-refractivity contribution in [1.82, 2.24) is 0 Å². The van der Waals surface area contributed by atoms with Gasteiger partial charge in [-0.3, -0.25) is 4.79 Å². The molecule has 1 aromatic carbocycles. The Hall–Kier alpha value is -0.425. The molecule has 0 amide bonds. The number of ketones is 1. The van der Waals surface area contributed by atoms with Gasteiger partial charge in [-0.15, -0.1) is 11.3 Å². The quantitative estimate of drug-likeness (QED) is 0.451. The summed E-state index contributed by atoms with van der Waals surface area (Å²) in [6.07, 6.45) is 1.70. The van der Waals surface area contributed by atoms with Crippen molar-refractivity contribution in [3.8, 4) is 0 Å². The number of hydrogen-bond acceptors (Lipinski definition) is 4. The summed E-state index contributed by atoms with van der Waals surface area (Å²) in [5.41, 5.74) is 0.720. The van der Waals surface area contributed by atoms with Crippen molar-refractivity contribution in [2.75, 3.05) is 0 Å². The van der Waals surface area contributed by atoms with Crippen molar-refractivity contribution in [3.63, 3.8) is 0 Å². The molecule has 0 aliphatic carbocycles. The number of allylic oxidation sites excluding steroid dienone is 1. The number of halogens is 1. The van der Waals surface area contributed by atoms with E-state index in [1.807, 2.05) is 29.6 Å². The number of benzene rings is 1. The first-order valence-corrected chi connectivity index (χ1v) is 8.68. The summed E-state index contributed by atoms with van der Waals surface area (Å²) in [5, 5.41) is 1.91. The molecule has 0 saturated carbocycles. The van der Waals surface area contributed by atoms with Crippen LogP contribution in [-0.4, -0.2) is 13.6 Å². The van der Waals surface area contributed by atoms with Gasteiger partial charge in [0.15, 0.2) is 5.78 Å². The summed E-state index contributed by atoms with van der Waals surface area (Å²) in [6.45, 7) is 0. The van der Waals surface area contributed by atoms with Gasteiger partial charge in [-0.1, -0.05) is 57.0 Å². The van der Waals surface area contributed by atoms with Crippen LogP contribution in [0.4, 0.5) is 0 Å². The van der Waals surface area contributed by atoms with Crippen LogP contribution in [0.25, 0.3) is 0 Å². The molecule has 1 aromatic heterocycles. The van der Waals surface area contributed by atoms with Crippen LogP contribution in [0.5, 0.6) is 0 Å². The van der Waals surface area contributed by atoms with E-state index in [9.17, 15) is 4.79 Å². The van der Waals surface area contributed by atoms with Gasteiger partial charge in [0.2, 0.25) is 0 Å². The second kappa shape index (κ2) is 5.52. The first-order valence-electron chi connectivity index (χ1n) is 5.38. The van der Waals surface area contributed by atoms with Crippen LogP contribution in [0.1, 0.15) is 9.67 Å². The van der Waals surface area contributed by atoms with Gasteiger partial charge in [-0.2, -0.15) is 0 Å². The number of fused-ring (bicyclic) bond motifs is 1. The summed E-state index contributed by atoms with van der Waals surface area (Å²) >= 11 is 8.08. The minimum atomic E-state index is 0.0600. The van der Waals surface area contributed by atoms with E-state index in [0.29, 0.717) is 0 Å². The molecule has 92 valence electrons. The van der Waals surface area contributed by atoms with Gasteiger partial charge >= 0.3 is 0 Å². The van der Waals surface area contributed by atoms with Crippen molar-refractivity contribution < 1.29 is 4.79 Å². The van der Waals surface area contributed by atoms with Crippen molar-refractivity contribution in [1.29, 1.82) is 0 Å². The standard InChI is InChI=1S/C13H6BBrOS3/c14-7-4-11-12(5-8(7)15)19-13(18-11)6-9(16)10-2-1-3-17-10/h1-6H/b13-6+. The summed E-state index contributed by atoms with van der Waals surface area (Å²) in [5.74, 6) is 0.0600. The predicted octanol–water partition coefficient (Wildman–Crippen LogP) is 4.23. The third kappa shape index (κ3) is 2.87. The number of carbonyl (C=O) groups is 1. The second-order valence-electron chi connectivity index (χ2n) is 3.83. The van der Waals surface area contributed by atoms with E-state index in [0.717, 1.165) is 28.8 Å². The van der Waals surface area contributed by atoms with E-state index in [1.165, 1.54) is 11.3 Å². The van der Waals surface area contributed by atoms with E-state index in [-0.39, 0.29) is 5.78 Å². The molecule has 0 N–H and O–H groups in total. The zero-order valence-corrected chi connectivity index (χ0v) is 13.6. The fourth-order valence-electron chi connectivity index (χ4n) is 1.60. The average molecular weight is 365 g/mol. The Morgan fingerprint density at radius 3 is 2.68 bits per heavy atom. The first kappa shape index (κ1) is 13.6. The van der Waals surface area contributed by atoms with Crippen LogP contribution < -0.4 is 5.46 Å². The molecule has 1 nitrogen and oxygen atoms in total. The summed E-state index contributed by atoms with van der Waals surface area (Å²) in [6, 6.07) is 7.67. The highest BCUT2D eigenvalue weighted by Gasteiger charge is 2.20. The zero-order chi connectivity index (χ0) is 13.4. The molecule has 2 aromatic rings. The number of rotatable bonds is 2. The molecule has 19 heavy (non-hydrogen) atoms. The molecule has 0 bridgehead atoms. The molecule has 0 atom stereocenters. The molecule has 1 aliphatic rings. The van der Waals surface area contributed by atoms with Crippen LogP contribution in [0.2, 0.25) is 0 Å². The lowest BCUT2D eigenvalue weighted by atomic mass is 9.97. The van der Waals surface area contributed by atoms with Crippen LogP contribution in [0.15, 0.2) is 54.2 Å². The molecule has 0 spiro atoms. The maximum atomic E-state index is 12.0. The van der Waals surface area contributed by atoms with Gasteiger partial charge in [-0.05, 0) is 17.5 Å². The molecule has 0 unspecified atom stereocenters. The molecule has 2 heterocycles. The van der Waals surface area contributed by atoms with Crippen LogP contribution in [0, 0.1) is 0 Å². The minimum Gasteiger partial charge on any atom is -0.288 e. The van der Waals surface area contributed by atoms with Gasteiger partial charge in [0.25, 0.3) is 0 Å². The summed E-state index contributed by atoms with van der Waals surface area (Å²) in [4.78, 5) is 15.0. The monoisotopic (exact) mass is 364 g/mol.